The average Bonchev–Trinajstić information content (AvgIpc) is 3.00. The van der Waals surface area contributed by atoms with E-state index in [1.165, 1.54) is 103 Å². The van der Waals surface area contributed by atoms with Crippen LogP contribution < -0.4 is 0 Å². The lowest BCUT2D eigenvalue weighted by Crippen LogP contribution is -1.92. The number of rotatable bonds is 16. The number of aromatic amines is 1. The third-order valence-electron chi connectivity index (χ3n) is 5.03. The fraction of sp³-hybridized carbons (Fsp3) is 0.818. The highest BCUT2D eigenvalue weighted by Gasteiger charge is 2.03. The maximum Gasteiger partial charge on any atom is 0.00401 e. The highest BCUT2D eigenvalue weighted by atomic mass is 14.6. The molecule has 0 saturated carbocycles. The summed E-state index contributed by atoms with van der Waals surface area (Å²) in [5.74, 6) is 0. The third-order valence-corrected chi connectivity index (χ3v) is 5.03. The van der Waals surface area contributed by atoms with Crippen LogP contribution in [0.2, 0.25) is 0 Å². The minimum absolute atomic E-state index is 1.28. The Hall–Kier alpha value is -0.720. The molecule has 1 nitrogen and oxygen atoms in total. The first-order chi connectivity index (χ1) is 11.4. The molecule has 0 atom stereocenters. The number of H-pyrrole nitrogens is 1. The van der Waals surface area contributed by atoms with Gasteiger partial charge in [-0.1, -0.05) is 90.9 Å². The van der Waals surface area contributed by atoms with Gasteiger partial charge in [-0.25, -0.2) is 0 Å². The summed E-state index contributed by atoms with van der Waals surface area (Å²) in [6.07, 6.45) is 26.8. The molecule has 0 fully saturated rings. The van der Waals surface area contributed by atoms with Gasteiger partial charge < -0.3 is 4.98 Å². The summed E-state index contributed by atoms with van der Waals surface area (Å²) in [6.45, 7) is 4.58. The van der Waals surface area contributed by atoms with Gasteiger partial charge in [0, 0.05) is 12.4 Å². The van der Waals surface area contributed by atoms with E-state index in [1.807, 2.05) is 0 Å². The van der Waals surface area contributed by atoms with E-state index in [2.05, 4.69) is 31.2 Å². The Morgan fingerprint density at radius 1 is 0.522 bits per heavy atom. The Labute approximate surface area is 145 Å². The highest BCUT2D eigenvalue weighted by molar-refractivity contribution is 5.23. The third kappa shape index (κ3) is 10.6. The first-order valence-corrected chi connectivity index (χ1v) is 10.5. The fourth-order valence-electron chi connectivity index (χ4n) is 3.44. The van der Waals surface area contributed by atoms with Crippen molar-refractivity contribution in [1.82, 2.24) is 4.98 Å². The second-order valence-corrected chi connectivity index (χ2v) is 7.25. The normalized spacial score (nSPS) is 11.2. The molecule has 0 aliphatic rings. The van der Waals surface area contributed by atoms with Gasteiger partial charge in [0.2, 0.25) is 0 Å². The van der Waals surface area contributed by atoms with Crippen LogP contribution in [0.4, 0.5) is 0 Å². The summed E-state index contributed by atoms with van der Waals surface area (Å²) in [6, 6.07) is 0. The molecule has 0 aliphatic heterocycles. The molecule has 1 N–H and O–H groups in total. The second kappa shape index (κ2) is 14.8. The van der Waals surface area contributed by atoms with Gasteiger partial charge in [0.15, 0.2) is 0 Å². The standard InChI is InChI=1S/C22H41N/c1-3-5-7-9-10-11-12-14-16-18-22-20-23-19-21(22)17-15-13-8-6-4-2/h19-20,23H,3-18H2,1-2H3. The predicted molar refractivity (Wildman–Crippen MR) is 104 cm³/mol. The minimum atomic E-state index is 1.28. The average molecular weight is 320 g/mol. The summed E-state index contributed by atoms with van der Waals surface area (Å²) in [5, 5.41) is 0. The first kappa shape index (κ1) is 20.3. The maximum atomic E-state index is 3.33. The Morgan fingerprint density at radius 2 is 0.870 bits per heavy atom. The van der Waals surface area contributed by atoms with E-state index in [-0.39, 0.29) is 0 Å². The van der Waals surface area contributed by atoms with E-state index in [9.17, 15) is 0 Å². The Balaban J connectivity index is 2.01. The number of hydrogen-bond donors (Lipinski definition) is 1. The maximum absolute atomic E-state index is 3.33. The Morgan fingerprint density at radius 3 is 1.26 bits per heavy atom. The summed E-state index contributed by atoms with van der Waals surface area (Å²) in [5.41, 5.74) is 3.17. The van der Waals surface area contributed by atoms with Gasteiger partial charge in [-0.2, -0.15) is 0 Å². The lowest BCUT2D eigenvalue weighted by molar-refractivity contribution is 0.564. The van der Waals surface area contributed by atoms with Gasteiger partial charge in [-0.3, -0.25) is 0 Å². The van der Waals surface area contributed by atoms with Crippen LogP contribution in [-0.4, -0.2) is 4.98 Å². The summed E-state index contributed by atoms with van der Waals surface area (Å²) in [7, 11) is 0. The zero-order valence-electron chi connectivity index (χ0n) is 16.0. The molecule has 23 heavy (non-hydrogen) atoms. The largest absolute Gasteiger partial charge is 0.367 e. The SMILES string of the molecule is CCCCCCCCCCCc1c[nH]cc1CCCCCCC. The molecule has 0 aromatic carbocycles. The topological polar surface area (TPSA) is 15.8 Å². The quantitative estimate of drug-likeness (QED) is 0.302. The predicted octanol–water partition coefficient (Wildman–Crippen LogP) is 7.60. The van der Waals surface area contributed by atoms with Crippen LogP contribution in [-0.2, 0) is 12.8 Å². The Kier molecular flexibility index (Phi) is 13.1. The number of nitrogens with one attached hydrogen (secondary N) is 1. The first-order valence-electron chi connectivity index (χ1n) is 10.5. The summed E-state index contributed by atoms with van der Waals surface area (Å²) < 4.78 is 0. The molecule has 1 heterocycles. The van der Waals surface area contributed by atoms with Crippen LogP contribution in [0.1, 0.15) is 115 Å². The molecule has 1 aromatic rings. The van der Waals surface area contributed by atoms with E-state index in [4.69, 9.17) is 0 Å². The molecular weight excluding hydrogens is 278 g/mol. The van der Waals surface area contributed by atoms with Crippen LogP contribution in [0.5, 0.6) is 0 Å². The van der Waals surface area contributed by atoms with Crippen molar-refractivity contribution in [2.45, 2.75) is 117 Å². The van der Waals surface area contributed by atoms with E-state index in [0.29, 0.717) is 0 Å². The monoisotopic (exact) mass is 319 g/mol. The van der Waals surface area contributed by atoms with Crippen molar-refractivity contribution in [3.05, 3.63) is 23.5 Å². The Bertz CT molecular complexity index is 353. The molecular formula is C22H41N. The molecule has 1 rings (SSSR count). The van der Waals surface area contributed by atoms with E-state index < -0.39 is 0 Å². The molecule has 0 aliphatic carbocycles. The minimum Gasteiger partial charge on any atom is -0.367 e. The zero-order valence-corrected chi connectivity index (χ0v) is 16.0. The van der Waals surface area contributed by atoms with Crippen molar-refractivity contribution in [3.8, 4) is 0 Å². The fourth-order valence-corrected chi connectivity index (χ4v) is 3.44. The van der Waals surface area contributed by atoms with Gasteiger partial charge in [-0.05, 0) is 36.8 Å². The molecule has 134 valence electrons. The van der Waals surface area contributed by atoms with Crippen molar-refractivity contribution < 1.29 is 0 Å². The molecule has 0 spiro atoms. The van der Waals surface area contributed by atoms with E-state index in [0.717, 1.165) is 0 Å². The van der Waals surface area contributed by atoms with Crippen LogP contribution >= 0.6 is 0 Å². The van der Waals surface area contributed by atoms with Crippen molar-refractivity contribution >= 4 is 0 Å². The van der Waals surface area contributed by atoms with Crippen LogP contribution in [0.15, 0.2) is 12.4 Å². The molecule has 0 unspecified atom stereocenters. The number of aryl methyl sites for hydroxylation is 2. The molecule has 0 radical (unpaired) electrons. The van der Waals surface area contributed by atoms with Crippen LogP contribution in [0.25, 0.3) is 0 Å². The van der Waals surface area contributed by atoms with Crippen molar-refractivity contribution in [3.63, 3.8) is 0 Å². The molecule has 1 aromatic heterocycles. The van der Waals surface area contributed by atoms with Crippen LogP contribution in [0.3, 0.4) is 0 Å². The van der Waals surface area contributed by atoms with Gasteiger partial charge in [-0.15, -0.1) is 0 Å². The lowest BCUT2D eigenvalue weighted by atomic mass is 10.00. The number of aromatic nitrogens is 1. The van der Waals surface area contributed by atoms with Gasteiger partial charge in [0.25, 0.3) is 0 Å². The zero-order chi connectivity index (χ0) is 16.6. The lowest BCUT2D eigenvalue weighted by Gasteiger charge is -2.05. The van der Waals surface area contributed by atoms with Crippen molar-refractivity contribution in [2.75, 3.05) is 0 Å². The molecule has 0 saturated heterocycles. The van der Waals surface area contributed by atoms with Crippen molar-refractivity contribution in [1.29, 1.82) is 0 Å². The molecule has 0 amide bonds. The molecule has 1 heteroatoms. The highest BCUT2D eigenvalue weighted by Crippen LogP contribution is 2.17. The smallest absolute Gasteiger partial charge is 0.00401 e. The summed E-state index contributed by atoms with van der Waals surface area (Å²) in [4.78, 5) is 3.33. The summed E-state index contributed by atoms with van der Waals surface area (Å²) >= 11 is 0. The van der Waals surface area contributed by atoms with Gasteiger partial charge in [0.05, 0.1) is 0 Å². The number of hydrogen-bond acceptors (Lipinski definition) is 0. The van der Waals surface area contributed by atoms with E-state index >= 15 is 0 Å². The molecule has 0 bridgehead atoms. The van der Waals surface area contributed by atoms with Gasteiger partial charge in [0.1, 0.15) is 0 Å². The van der Waals surface area contributed by atoms with Crippen molar-refractivity contribution in [2.24, 2.45) is 0 Å². The number of unbranched alkanes of at least 4 members (excludes halogenated alkanes) is 12. The van der Waals surface area contributed by atoms with Gasteiger partial charge >= 0.3 is 0 Å². The van der Waals surface area contributed by atoms with E-state index in [1.54, 1.807) is 11.1 Å². The van der Waals surface area contributed by atoms with Crippen LogP contribution in [0, 0.1) is 0 Å². The second-order valence-electron chi connectivity index (χ2n) is 7.25.